The summed E-state index contributed by atoms with van der Waals surface area (Å²) in [6.07, 6.45) is 0. The number of aryl methyl sites for hydroxylation is 1. The van der Waals surface area contributed by atoms with Gasteiger partial charge in [0.25, 0.3) is 5.91 Å². The summed E-state index contributed by atoms with van der Waals surface area (Å²) >= 11 is 0. The summed E-state index contributed by atoms with van der Waals surface area (Å²) in [5.74, 6) is -0.0927. The zero-order valence-electron chi connectivity index (χ0n) is 14.1. The smallest absolute Gasteiger partial charge is 0.253 e. The summed E-state index contributed by atoms with van der Waals surface area (Å²) in [4.78, 5) is 16.6. The Kier molecular flexibility index (Phi) is 4.78. The number of sulfonamides is 1. The molecular weight excluding hydrogens is 338 g/mol. The topological polar surface area (TPSA) is 83.7 Å². The molecule has 0 radical (unpaired) electrons. The molecule has 2 aromatic carbocycles. The van der Waals surface area contributed by atoms with Gasteiger partial charge in [-0.25, -0.2) is 13.6 Å². The third kappa shape index (κ3) is 4.00. The van der Waals surface area contributed by atoms with Crippen molar-refractivity contribution in [2.24, 2.45) is 5.14 Å². The molecule has 0 unspecified atom stereocenters. The fourth-order valence-electron chi connectivity index (χ4n) is 2.96. The van der Waals surface area contributed by atoms with Gasteiger partial charge in [-0.1, -0.05) is 12.1 Å². The van der Waals surface area contributed by atoms with E-state index in [1.165, 1.54) is 35.5 Å². The number of carbonyl (C=O) groups is 1. The van der Waals surface area contributed by atoms with E-state index in [0.717, 1.165) is 13.1 Å². The Balaban J connectivity index is 1.65. The number of amides is 1. The molecule has 6 nitrogen and oxygen atoms in total. The number of anilines is 1. The maximum Gasteiger partial charge on any atom is 0.253 e. The van der Waals surface area contributed by atoms with Crippen LogP contribution in [0.15, 0.2) is 53.4 Å². The van der Waals surface area contributed by atoms with Gasteiger partial charge in [0.2, 0.25) is 10.0 Å². The summed E-state index contributed by atoms with van der Waals surface area (Å²) in [6, 6.07) is 14.1. The van der Waals surface area contributed by atoms with E-state index in [4.69, 9.17) is 5.14 Å². The molecule has 1 heterocycles. The molecule has 1 aliphatic heterocycles. The average molecular weight is 359 g/mol. The molecule has 1 amide bonds. The maximum atomic E-state index is 12.6. The first-order valence-corrected chi connectivity index (χ1v) is 9.63. The minimum atomic E-state index is -3.74. The highest BCUT2D eigenvalue weighted by Gasteiger charge is 2.22. The Morgan fingerprint density at radius 2 is 1.64 bits per heavy atom. The number of nitrogens with two attached hydrogens (primary N) is 1. The van der Waals surface area contributed by atoms with Gasteiger partial charge in [-0.3, -0.25) is 4.79 Å². The van der Waals surface area contributed by atoms with Crippen LogP contribution < -0.4 is 10.0 Å². The average Bonchev–Trinajstić information content (AvgIpc) is 2.61. The van der Waals surface area contributed by atoms with Crippen molar-refractivity contribution in [1.29, 1.82) is 0 Å². The van der Waals surface area contributed by atoms with Crippen LogP contribution in [0.5, 0.6) is 0 Å². The lowest BCUT2D eigenvalue weighted by atomic mass is 10.1. The third-order valence-corrected chi connectivity index (χ3v) is 5.29. The van der Waals surface area contributed by atoms with E-state index in [2.05, 4.69) is 30.0 Å². The van der Waals surface area contributed by atoms with Crippen LogP contribution in [0, 0.1) is 6.92 Å². The van der Waals surface area contributed by atoms with Crippen LogP contribution in [-0.2, 0) is 10.0 Å². The minimum Gasteiger partial charge on any atom is -0.368 e. The number of nitrogens with zero attached hydrogens (tertiary/aromatic N) is 2. The van der Waals surface area contributed by atoms with E-state index in [1.807, 2.05) is 6.07 Å². The summed E-state index contributed by atoms with van der Waals surface area (Å²) in [5.41, 5.74) is 2.85. The summed E-state index contributed by atoms with van der Waals surface area (Å²) < 4.78 is 22.6. The minimum absolute atomic E-state index is 0.00770. The lowest BCUT2D eigenvalue weighted by Crippen LogP contribution is -2.48. The summed E-state index contributed by atoms with van der Waals surface area (Å²) in [5, 5.41) is 5.08. The third-order valence-electron chi connectivity index (χ3n) is 4.36. The van der Waals surface area contributed by atoms with Crippen LogP contribution in [0.1, 0.15) is 15.9 Å². The molecule has 132 valence electrons. The SMILES string of the molecule is Cc1cccc(N2CCN(C(=O)c3ccc(S(N)(=O)=O)cc3)CC2)c1. The molecule has 1 fully saturated rings. The molecule has 0 aliphatic carbocycles. The van der Waals surface area contributed by atoms with E-state index in [0.29, 0.717) is 18.7 Å². The molecule has 0 saturated carbocycles. The summed E-state index contributed by atoms with van der Waals surface area (Å²) in [7, 11) is -3.74. The number of hydrogen-bond acceptors (Lipinski definition) is 4. The van der Waals surface area contributed by atoms with Crippen molar-refractivity contribution in [3.05, 3.63) is 59.7 Å². The lowest BCUT2D eigenvalue weighted by Gasteiger charge is -2.36. The number of primary sulfonamides is 1. The number of carbonyl (C=O) groups excluding carboxylic acids is 1. The van der Waals surface area contributed by atoms with Gasteiger partial charge in [0.1, 0.15) is 0 Å². The number of benzene rings is 2. The summed E-state index contributed by atoms with van der Waals surface area (Å²) in [6.45, 7) is 4.86. The van der Waals surface area contributed by atoms with Gasteiger partial charge in [-0.15, -0.1) is 0 Å². The Hall–Kier alpha value is -2.38. The van der Waals surface area contributed by atoms with Crippen LogP contribution in [-0.4, -0.2) is 45.4 Å². The van der Waals surface area contributed by atoms with Crippen LogP contribution in [0.4, 0.5) is 5.69 Å². The first-order chi connectivity index (χ1) is 11.8. The van der Waals surface area contributed by atoms with Crippen molar-refractivity contribution in [2.45, 2.75) is 11.8 Å². The molecule has 0 atom stereocenters. The monoisotopic (exact) mass is 359 g/mol. The molecule has 2 aromatic rings. The van der Waals surface area contributed by atoms with Gasteiger partial charge >= 0.3 is 0 Å². The fraction of sp³-hybridized carbons (Fsp3) is 0.278. The molecule has 3 rings (SSSR count). The zero-order valence-corrected chi connectivity index (χ0v) is 14.9. The van der Waals surface area contributed by atoms with E-state index in [1.54, 1.807) is 4.90 Å². The van der Waals surface area contributed by atoms with E-state index < -0.39 is 10.0 Å². The molecule has 2 N–H and O–H groups in total. The first-order valence-electron chi connectivity index (χ1n) is 8.08. The predicted molar refractivity (Wildman–Crippen MR) is 97.1 cm³/mol. The Morgan fingerprint density at radius 3 is 2.20 bits per heavy atom. The molecule has 0 bridgehead atoms. The van der Waals surface area contributed by atoms with Crippen molar-refractivity contribution in [3.63, 3.8) is 0 Å². The van der Waals surface area contributed by atoms with Gasteiger partial charge in [-0.2, -0.15) is 0 Å². The number of rotatable bonds is 3. The van der Waals surface area contributed by atoms with E-state index >= 15 is 0 Å². The predicted octanol–water partition coefficient (Wildman–Crippen LogP) is 1.60. The Bertz CT molecular complexity index is 871. The van der Waals surface area contributed by atoms with Crippen molar-refractivity contribution < 1.29 is 13.2 Å². The number of hydrogen-bond donors (Lipinski definition) is 1. The van der Waals surface area contributed by atoms with Crippen molar-refractivity contribution in [2.75, 3.05) is 31.1 Å². The van der Waals surface area contributed by atoms with Gasteiger partial charge in [0, 0.05) is 37.4 Å². The molecule has 0 aromatic heterocycles. The second kappa shape index (κ2) is 6.85. The Morgan fingerprint density at radius 1 is 1.00 bits per heavy atom. The second-order valence-corrected chi connectivity index (χ2v) is 7.75. The maximum absolute atomic E-state index is 12.6. The van der Waals surface area contributed by atoms with Crippen LogP contribution >= 0.6 is 0 Å². The molecule has 1 saturated heterocycles. The Labute approximate surface area is 147 Å². The first kappa shape index (κ1) is 17.4. The molecule has 7 heteroatoms. The van der Waals surface area contributed by atoms with E-state index in [-0.39, 0.29) is 10.8 Å². The van der Waals surface area contributed by atoms with E-state index in [9.17, 15) is 13.2 Å². The zero-order chi connectivity index (χ0) is 18.0. The van der Waals surface area contributed by atoms with Crippen LogP contribution in [0.3, 0.4) is 0 Å². The number of piperazine rings is 1. The fourth-order valence-corrected chi connectivity index (χ4v) is 3.48. The van der Waals surface area contributed by atoms with Gasteiger partial charge in [-0.05, 0) is 48.9 Å². The highest BCUT2D eigenvalue weighted by Crippen LogP contribution is 2.19. The van der Waals surface area contributed by atoms with Crippen LogP contribution in [0.2, 0.25) is 0 Å². The molecular formula is C18H21N3O3S. The van der Waals surface area contributed by atoms with Crippen molar-refractivity contribution >= 4 is 21.6 Å². The highest BCUT2D eigenvalue weighted by molar-refractivity contribution is 7.89. The van der Waals surface area contributed by atoms with Gasteiger partial charge in [0.05, 0.1) is 4.90 Å². The largest absolute Gasteiger partial charge is 0.368 e. The van der Waals surface area contributed by atoms with Crippen molar-refractivity contribution in [3.8, 4) is 0 Å². The second-order valence-electron chi connectivity index (χ2n) is 6.19. The normalized spacial score (nSPS) is 15.3. The lowest BCUT2D eigenvalue weighted by molar-refractivity contribution is 0.0746. The highest BCUT2D eigenvalue weighted by atomic mass is 32.2. The molecule has 25 heavy (non-hydrogen) atoms. The molecule has 1 aliphatic rings. The quantitative estimate of drug-likeness (QED) is 0.902. The van der Waals surface area contributed by atoms with Crippen LogP contribution in [0.25, 0.3) is 0 Å². The van der Waals surface area contributed by atoms with Gasteiger partial charge in [0.15, 0.2) is 0 Å². The standard InChI is InChI=1S/C18H21N3O3S/c1-14-3-2-4-16(13-14)20-9-11-21(12-10-20)18(22)15-5-7-17(8-6-15)25(19,23)24/h2-8,13H,9-12H2,1H3,(H2,19,23,24). The van der Waals surface area contributed by atoms with Crippen molar-refractivity contribution in [1.82, 2.24) is 4.90 Å². The molecule has 0 spiro atoms. The van der Waals surface area contributed by atoms with Gasteiger partial charge < -0.3 is 9.80 Å².